The summed E-state index contributed by atoms with van der Waals surface area (Å²) >= 11 is 5.90. The topological polar surface area (TPSA) is 195 Å². The van der Waals surface area contributed by atoms with Crippen LogP contribution in [0, 0.1) is 0 Å². The van der Waals surface area contributed by atoms with Crippen LogP contribution in [0.2, 0.25) is 5.02 Å². The number of nitrogens with one attached hydrogen (secondary N) is 3. The first-order chi connectivity index (χ1) is 27.1. The van der Waals surface area contributed by atoms with Gasteiger partial charge in [0.1, 0.15) is 48.1 Å². The number of piperidine rings is 1. The van der Waals surface area contributed by atoms with E-state index < -0.39 is 5.97 Å². The highest BCUT2D eigenvalue weighted by Crippen LogP contribution is 2.27. The number of imidazole rings is 2. The molecule has 0 aliphatic carbocycles. The summed E-state index contributed by atoms with van der Waals surface area (Å²) in [4.78, 5) is 55.2. The summed E-state index contributed by atoms with van der Waals surface area (Å²) in [7, 11) is 0. The van der Waals surface area contributed by atoms with Crippen LogP contribution in [0.5, 0.6) is 11.5 Å². The quantitative estimate of drug-likeness (QED) is 0.0875. The molecule has 4 N–H and O–H groups in total. The number of aromatic amines is 1. The first-order valence-corrected chi connectivity index (χ1v) is 19.0. The van der Waals surface area contributed by atoms with Gasteiger partial charge >= 0.3 is 5.97 Å². The maximum Gasteiger partial charge on any atom is 0.371 e. The minimum absolute atomic E-state index is 0.0415. The van der Waals surface area contributed by atoms with Gasteiger partial charge in [0.05, 0.1) is 29.3 Å². The Hall–Kier alpha value is -5.29. The SMILES string of the molecule is CCOCCOc1cccc2[nH]c(C(=O)O)nc12.CCOCCOc1cccc2c1nc(C(=O)NC1CCN(C(C)C)CC1)n2CC(=O)Nc1ccc(Cl)cn1. The Morgan fingerprint density at radius 2 is 1.57 bits per heavy atom. The number of carboxylic acid groups (broad SMARTS) is 1. The number of hydrogen-bond donors (Lipinski definition) is 4. The molecule has 6 rings (SSSR count). The molecule has 0 unspecified atom stereocenters. The van der Waals surface area contributed by atoms with Crippen molar-refractivity contribution < 1.29 is 38.4 Å². The zero-order valence-electron chi connectivity index (χ0n) is 32.0. The second-order valence-electron chi connectivity index (χ2n) is 13.1. The lowest BCUT2D eigenvalue weighted by molar-refractivity contribution is -0.116. The van der Waals surface area contributed by atoms with Gasteiger partial charge in [-0.15, -0.1) is 0 Å². The fourth-order valence-corrected chi connectivity index (χ4v) is 6.20. The fourth-order valence-electron chi connectivity index (χ4n) is 6.09. The van der Waals surface area contributed by atoms with Gasteiger partial charge in [-0.2, -0.15) is 0 Å². The number of carbonyl (C=O) groups excluding carboxylic acids is 2. The van der Waals surface area contributed by atoms with Crippen molar-refractivity contribution in [3.63, 3.8) is 0 Å². The van der Waals surface area contributed by atoms with Crippen LogP contribution in [0.4, 0.5) is 5.82 Å². The number of hydrogen-bond acceptors (Lipinski definition) is 11. The van der Waals surface area contributed by atoms with Crippen molar-refractivity contribution in [1.29, 1.82) is 0 Å². The van der Waals surface area contributed by atoms with Crippen LogP contribution in [0.1, 0.15) is 61.8 Å². The van der Waals surface area contributed by atoms with Crippen LogP contribution in [0.25, 0.3) is 22.1 Å². The number of para-hydroxylation sites is 2. The third kappa shape index (κ3) is 11.4. The molecular formula is C39H49ClN8O8. The average molecular weight is 793 g/mol. The van der Waals surface area contributed by atoms with Gasteiger partial charge in [-0.25, -0.2) is 19.7 Å². The predicted molar refractivity (Wildman–Crippen MR) is 212 cm³/mol. The van der Waals surface area contributed by atoms with E-state index in [0.717, 1.165) is 25.9 Å². The number of likely N-dealkylation sites (tertiary alicyclic amines) is 1. The van der Waals surface area contributed by atoms with Crippen LogP contribution in [0.3, 0.4) is 0 Å². The Kier molecular flexibility index (Phi) is 15.4. The monoisotopic (exact) mass is 792 g/mol. The number of rotatable bonds is 17. The smallest absolute Gasteiger partial charge is 0.371 e. The highest BCUT2D eigenvalue weighted by molar-refractivity contribution is 6.30. The molecule has 2 amide bonds. The van der Waals surface area contributed by atoms with Gasteiger partial charge in [-0.05, 0) is 76.9 Å². The van der Waals surface area contributed by atoms with Gasteiger partial charge in [-0.3, -0.25) is 9.59 Å². The summed E-state index contributed by atoms with van der Waals surface area (Å²) in [6.07, 6.45) is 3.18. The van der Waals surface area contributed by atoms with E-state index in [1.165, 1.54) is 6.20 Å². The molecule has 1 aliphatic heterocycles. The molecule has 2 aromatic carbocycles. The molecular weight excluding hydrogens is 744 g/mol. The first kappa shape index (κ1) is 41.9. The number of amides is 2. The Labute approximate surface area is 329 Å². The van der Waals surface area contributed by atoms with Gasteiger partial charge in [0.25, 0.3) is 5.91 Å². The normalized spacial score (nSPS) is 13.4. The molecule has 3 aromatic heterocycles. The van der Waals surface area contributed by atoms with Crippen LogP contribution in [0.15, 0.2) is 54.7 Å². The van der Waals surface area contributed by atoms with E-state index in [9.17, 15) is 14.4 Å². The van der Waals surface area contributed by atoms with E-state index in [4.69, 9.17) is 35.7 Å². The van der Waals surface area contributed by atoms with Gasteiger partial charge < -0.3 is 49.1 Å². The maximum absolute atomic E-state index is 13.5. The summed E-state index contributed by atoms with van der Waals surface area (Å²) in [5.41, 5.74) is 2.30. The van der Waals surface area contributed by atoms with Crippen LogP contribution < -0.4 is 20.1 Å². The molecule has 1 fully saturated rings. The summed E-state index contributed by atoms with van der Waals surface area (Å²) in [5.74, 6) is -0.241. The summed E-state index contributed by atoms with van der Waals surface area (Å²) in [6.45, 7) is 12.8. The number of fused-ring (bicyclic) bond motifs is 2. The van der Waals surface area contributed by atoms with Gasteiger partial charge in [-0.1, -0.05) is 23.7 Å². The molecule has 16 nitrogen and oxygen atoms in total. The number of aromatic nitrogens is 5. The summed E-state index contributed by atoms with van der Waals surface area (Å²) < 4.78 is 23.6. The molecule has 1 aliphatic rings. The largest absolute Gasteiger partial charge is 0.489 e. The molecule has 300 valence electrons. The highest BCUT2D eigenvalue weighted by atomic mass is 35.5. The van der Waals surface area contributed by atoms with E-state index >= 15 is 0 Å². The molecule has 0 bridgehead atoms. The fraction of sp³-hybridized carbons (Fsp3) is 0.436. The Morgan fingerprint density at radius 1 is 0.911 bits per heavy atom. The molecule has 0 radical (unpaired) electrons. The zero-order valence-corrected chi connectivity index (χ0v) is 32.8. The Bertz CT molecular complexity index is 2060. The Balaban J connectivity index is 0.000000278. The number of benzene rings is 2. The molecule has 0 spiro atoms. The van der Waals surface area contributed by atoms with Crippen molar-refractivity contribution in [3.8, 4) is 11.5 Å². The van der Waals surface area contributed by atoms with E-state index in [1.54, 1.807) is 41.0 Å². The standard InChI is InChI=1S/C27H35ClN6O4.C12H14N2O4/c1-4-37-14-15-38-22-7-5-6-21-25(22)32-26(27(36)30-20-10-12-33(13-11-20)18(2)3)34(21)17-24(35)31-23-9-8-19(28)16-29-23;1-2-17-6-7-18-9-5-3-4-8-10(9)14-11(13-8)12(15)16/h5-9,16,18,20H,4,10-15,17H2,1-3H3,(H,30,36)(H,29,31,35);3-5H,2,6-7H2,1H3,(H,13,14)(H,15,16). The van der Waals surface area contributed by atoms with Crippen LogP contribution in [-0.4, -0.2) is 117 Å². The first-order valence-electron chi connectivity index (χ1n) is 18.7. The highest BCUT2D eigenvalue weighted by Gasteiger charge is 2.27. The Morgan fingerprint density at radius 3 is 2.18 bits per heavy atom. The van der Waals surface area contributed by atoms with E-state index in [2.05, 4.69) is 49.3 Å². The molecule has 17 heteroatoms. The number of aromatic carboxylic acids is 1. The molecule has 56 heavy (non-hydrogen) atoms. The van der Waals surface area contributed by atoms with E-state index in [-0.39, 0.29) is 36.0 Å². The third-order valence-electron chi connectivity index (χ3n) is 8.89. The predicted octanol–water partition coefficient (Wildman–Crippen LogP) is 5.42. The van der Waals surface area contributed by atoms with Crippen molar-refractivity contribution in [3.05, 3.63) is 71.4 Å². The minimum Gasteiger partial charge on any atom is -0.489 e. The third-order valence-corrected chi connectivity index (χ3v) is 9.12. The molecule has 0 atom stereocenters. The molecule has 5 aromatic rings. The number of H-pyrrole nitrogens is 1. The van der Waals surface area contributed by atoms with Crippen molar-refractivity contribution in [2.45, 2.75) is 59.2 Å². The second-order valence-corrected chi connectivity index (χ2v) is 13.5. The van der Waals surface area contributed by atoms with E-state index in [0.29, 0.717) is 90.1 Å². The van der Waals surface area contributed by atoms with Crippen molar-refractivity contribution in [2.75, 3.05) is 58.0 Å². The van der Waals surface area contributed by atoms with Crippen molar-refractivity contribution in [1.82, 2.24) is 34.7 Å². The van der Waals surface area contributed by atoms with Crippen molar-refractivity contribution >= 4 is 57.3 Å². The number of ether oxygens (including phenoxy) is 4. The van der Waals surface area contributed by atoms with Crippen molar-refractivity contribution in [2.24, 2.45) is 0 Å². The average Bonchev–Trinajstić information content (AvgIpc) is 3.80. The van der Waals surface area contributed by atoms with Gasteiger partial charge in [0.2, 0.25) is 17.6 Å². The lowest BCUT2D eigenvalue weighted by atomic mass is 10.0. The summed E-state index contributed by atoms with van der Waals surface area (Å²) in [6, 6.07) is 14.5. The maximum atomic E-state index is 13.5. The number of pyridine rings is 1. The van der Waals surface area contributed by atoms with Crippen LogP contribution in [-0.2, 0) is 20.8 Å². The number of carboxylic acids is 1. The molecule has 1 saturated heterocycles. The second kappa shape index (κ2) is 20.6. The van der Waals surface area contributed by atoms with Gasteiger partial charge in [0.15, 0.2) is 0 Å². The minimum atomic E-state index is -1.09. The van der Waals surface area contributed by atoms with Crippen LogP contribution >= 0.6 is 11.6 Å². The number of nitrogens with zero attached hydrogens (tertiary/aromatic N) is 5. The molecule has 4 heterocycles. The number of carbonyl (C=O) groups is 3. The zero-order chi connectivity index (χ0) is 40.0. The number of halogens is 1. The lowest BCUT2D eigenvalue weighted by Gasteiger charge is -2.34. The number of anilines is 1. The van der Waals surface area contributed by atoms with E-state index in [1.807, 2.05) is 26.0 Å². The summed E-state index contributed by atoms with van der Waals surface area (Å²) in [5, 5.41) is 15.2. The lowest BCUT2D eigenvalue weighted by Crippen LogP contribution is -2.47. The molecule has 0 saturated carbocycles. The van der Waals surface area contributed by atoms with Gasteiger partial charge in [0, 0.05) is 44.6 Å².